The minimum atomic E-state index is 0.185. The molecule has 0 aliphatic rings. The van der Waals surface area contributed by atoms with E-state index < -0.39 is 0 Å². The van der Waals surface area contributed by atoms with Gasteiger partial charge >= 0.3 is 0 Å². The molecule has 5 heteroatoms. The van der Waals surface area contributed by atoms with E-state index in [1.54, 1.807) is 20.4 Å². The number of rotatable bonds is 9. The smallest absolute Gasteiger partial charge is 0.161 e. The SMILES string of the molecule is CCCNC(CC(C)OC)c1c(OC)cnn1C(C)C. The van der Waals surface area contributed by atoms with Crippen molar-refractivity contribution in [3.8, 4) is 5.75 Å². The molecule has 1 heterocycles. The molecule has 2 unspecified atom stereocenters. The molecule has 1 aromatic rings. The van der Waals surface area contributed by atoms with Gasteiger partial charge in [-0.2, -0.15) is 5.10 Å². The highest BCUT2D eigenvalue weighted by Gasteiger charge is 2.24. The van der Waals surface area contributed by atoms with Crippen LogP contribution in [0, 0.1) is 0 Å². The molecule has 2 atom stereocenters. The molecule has 0 bridgehead atoms. The Hall–Kier alpha value is -1.07. The third-order valence-electron chi connectivity index (χ3n) is 3.45. The van der Waals surface area contributed by atoms with Crippen LogP contribution >= 0.6 is 0 Å². The van der Waals surface area contributed by atoms with Crippen molar-refractivity contribution in [3.63, 3.8) is 0 Å². The van der Waals surface area contributed by atoms with Crippen LogP contribution in [0.4, 0.5) is 0 Å². The van der Waals surface area contributed by atoms with Crippen molar-refractivity contribution >= 4 is 0 Å². The zero-order valence-corrected chi connectivity index (χ0v) is 13.6. The second-order valence-electron chi connectivity index (χ2n) is 5.43. The van der Waals surface area contributed by atoms with E-state index in [2.05, 4.69) is 38.1 Å². The van der Waals surface area contributed by atoms with E-state index in [0.29, 0.717) is 6.04 Å². The fourth-order valence-electron chi connectivity index (χ4n) is 2.29. The molecule has 0 aliphatic carbocycles. The Balaban J connectivity index is 3.06. The van der Waals surface area contributed by atoms with E-state index in [-0.39, 0.29) is 12.1 Å². The molecule has 0 radical (unpaired) electrons. The molecule has 0 spiro atoms. The maximum absolute atomic E-state index is 5.49. The number of hydrogen-bond donors (Lipinski definition) is 1. The Morgan fingerprint density at radius 3 is 2.50 bits per heavy atom. The summed E-state index contributed by atoms with van der Waals surface area (Å²) >= 11 is 0. The lowest BCUT2D eigenvalue weighted by Crippen LogP contribution is -2.29. The summed E-state index contributed by atoms with van der Waals surface area (Å²) in [5.74, 6) is 0.843. The summed E-state index contributed by atoms with van der Waals surface area (Å²) in [6, 6.07) is 0.488. The molecule has 20 heavy (non-hydrogen) atoms. The molecule has 1 N–H and O–H groups in total. The molecule has 0 amide bonds. The van der Waals surface area contributed by atoms with Gasteiger partial charge in [0.2, 0.25) is 0 Å². The van der Waals surface area contributed by atoms with Gasteiger partial charge in [0.25, 0.3) is 0 Å². The van der Waals surface area contributed by atoms with Gasteiger partial charge in [-0.3, -0.25) is 4.68 Å². The van der Waals surface area contributed by atoms with Gasteiger partial charge in [0.1, 0.15) is 0 Å². The molecule has 116 valence electrons. The quantitative estimate of drug-likeness (QED) is 0.757. The fourth-order valence-corrected chi connectivity index (χ4v) is 2.29. The van der Waals surface area contributed by atoms with Crippen LogP contribution in [-0.2, 0) is 4.74 Å². The average Bonchev–Trinajstić information content (AvgIpc) is 2.86. The fraction of sp³-hybridized carbons (Fsp3) is 0.800. The predicted molar refractivity (Wildman–Crippen MR) is 81.3 cm³/mol. The van der Waals surface area contributed by atoms with Gasteiger partial charge in [0, 0.05) is 13.2 Å². The van der Waals surface area contributed by atoms with Crippen LogP contribution in [-0.4, -0.2) is 36.6 Å². The summed E-state index contributed by atoms with van der Waals surface area (Å²) in [7, 11) is 3.44. The molecule has 0 aliphatic heterocycles. The van der Waals surface area contributed by atoms with Crippen LogP contribution in [0.15, 0.2) is 6.20 Å². The Labute approximate surface area is 122 Å². The van der Waals surface area contributed by atoms with Crippen LogP contribution in [0.1, 0.15) is 58.3 Å². The van der Waals surface area contributed by atoms with E-state index in [0.717, 1.165) is 30.8 Å². The molecule has 1 aromatic heterocycles. The van der Waals surface area contributed by atoms with Crippen molar-refractivity contribution < 1.29 is 9.47 Å². The van der Waals surface area contributed by atoms with E-state index in [1.165, 1.54) is 0 Å². The molecule has 0 aromatic carbocycles. The van der Waals surface area contributed by atoms with Crippen molar-refractivity contribution in [1.82, 2.24) is 15.1 Å². The molecule has 1 rings (SSSR count). The lowest BCUT2D eigenvalue weighted by Gasteiger charge is -2.24. The van der Waals surface area contributed by atoms with Crippen molar-refractivity contribution in [2.45, 2.75) is 58.7 Å². The minimum absolute atomic E-state index is 0.185. The Morgan fingerprint density at radius 1 is 1.30 bits per heavy atom. The summed E-state index contributed by atoms with van der Waals surface area (Å²) in [4.78, 5) is 0. The molecule has 5 nitrogen and oxygen atoms in total. The monoisotopic (exact) mass is 283 g/mol. The topological polar surface area (TPSA) is 48.3 Å². The van der Waals surface area contributed by atoms with Crippen LogP contribution in [0.2, 0.25) is 0 Å². The van der Waals surface area contributed by atoms with Gasteiger partial charge in [0.05, 0.1) is 31.1 Å². The first-order chi connectivity index (χ1) is 9.54. The average molecular weight is 283 g/mol. The van der Waals surface area contributed by atoms with Crippen LogP contribution in [0.25, 0.3) is 0 Å². The van der Waals surface area contributed by atoms with E-state index >= 15 is 0 Å². The summed E-state index contributed by atoms with van der Waals surface area (Å²) in [6.45, 7) is 9.48. The minimum Gasteiger partial charge on any atom is -0.493 e. The van der Waals surface area contributed by atoms with Gasteiger partial charge in [-0.05, 0) is 40.2 Å². The summed E-state index contributed by atoms with van der Waals surface area (Å²) < 4.78 is 12.9. The van der Waals surface area contributed by atoms with Crippen LogP contribution in [0.3, 0.4) is 0 Å². The summed E-state index contributed by atoms with van der Waals surface area (Å²) in [5.41, 5.74) is 1.11. The van der Waals surface area contributed by atoms with Crippen molar-refractivity contribution in [3.05, 3.63) is 11.9 Å². The zero-order valence-electron chi connectivity index (χ0n) is 13.6. The highest BCUT2D eigenvalue weighted by molar-refractivity contribution is 5.29. The van der Waals surface area contributed by atoms with Crippen molar-refractivity contribution in [2.24, 2.45) is 0 Å². The highest BCUT2D eigenvalue weighted by atomic mass is 16.5. The third-order valence-corrected chi connectivity index (χ3v) is 3.45. The van der Waals surface area contributed by atoms with E-state index in [9.17, 15) is 0 Å². The molecule has 0 saturated heterocycles. The van der Waals surface area contributed by atoms with Gasteiger partial charge in [-0.25, -0.2) is 0 Å². The largest absolute Gasteiger partial charge is 0.493 e. The van der Waals surface area contributed by atoms with Gasteiger partial charge in [-0.1, -0.05) is 6.92 Å². The number of nitrogens with one attached hydrogen (secondary N) is 1. The van der Waals surface area contributed by atoms with Crippen LogP contribution in [0.5, 0.6) is 5.75 Å². The maximum atomic E-state index is 5.49. The molecular weight excluding hydrogens is 254 g/mol. The Bertz CT molecular complexity index is 390. The number of aromatic nitrogens is 2. The first kappa shape index (κ1) is 17.0. The normalized spacial score (nSPS) is 14.6. The van der Waals surface area contributed by atoms with Gasteiger partial charge in [0.15, 0.2) is 5.75 Å². The summed E-state index contributed by atoms with van der Waals surface area (Å²) in [6.07, 6.45) is 3.97. The van der Waals surface area contributed by atoms with E-state index in [1.807, 2.05) is 4.68 Å². The van der Waals surface area contributed by atoms with Crippen molar-refractivity contribution in [1.29, 1.82) is 0 Å². The van der Waals surface area contributed by atoms with Gasteiger partial charge < -0.3 is 14.8 Å². The van der Waals surface area contributed by atoms with Crippen molar-refractivity contribution in [2.75, 3.05) is 20.8 Å². The van der Waals surface area contributed by atoms with E-state index in [4.69, 9.17) is 9.47 Å². The number of nitrogens with zero attached hydrogens (tertiary/aromatic N) is 2. The molecular formula is C15H29N3O2. The third kappa shape index (κ3) is 4.21. The Kier molecular flexibility index (Phi) is 7.02. The maximum Gasteiger partial charge on any atom is 0.161 e. The lowest BCUT2D eigenvalue weighted by atomic mass is 10.1. The van der Waals surface area contributed by atoms with Crippen LogP contribution < -0.4 is 10.1 Å². The summed E-state index contributed by atoms with van der Waals surface area (Å²) in [5, 5.41) is 8.05. The molecule has 0 fully saturated rings. The second kappa shape index (κ2) is 8.27. The zero-order chi connectivity index (χ0) is 15.1. The first-order valence-corrected chi connectivity index (χ1v) is 7.42. The molecule has 0 saturated carbocycles. The van der Waals surface area contributed by atoms with Gasteiger partial charge in [-0.15, -0.1) is 0 Å². The standard InChI is InChI=1S/C15H29N3O2/c1-7-8-16-13(9-12(4)19-5)15-14(20-6)10-17-18(15)11(2)3/h10-13,16H,7-9H2,1-6H3. The Morgan fingerprint density at radius 2 is 2.00 bits per heavy atom. The second-order valence-corrected chi connectivity index (χ2v) is 5.43. The first-order valence-electron chi connectivity index (χ1n) is 7.42. The number of ether oxygens (including phenoxy) is 2. The lowest BCUT2D eigenvalue weighted by molar-refractivity contribution is 0.0987. The number of hydrogen-bond acceptors (Lipinski definition) is 4. The predicted octanol–water partition coefficient (Wildman–Crippen LogP) is 2.94. The number of methoxy groups -OCH3 is 2. The highest BCUT2D eigenvalue weighted by Crippen LogP contribution is 2.30.